The summed E-state index contributed by atoms with van der Waals surface area (Å²) in [7, 11) is 0. The van der Waals surface area contributed by atoms with Crippen molar-refractivity contribution in [1.29, 1.82) is 0 Å². The lowest BCUT2D eigenvalue weighted by Crippen LogP contribution is -2.13. The number of benzene rings is 3. The van der Waals surface area contributed by atoms with Crippen molar-refractivity contribution < 1.29 is 22.0 Å². The van der Waals surface area contributed by atoms with Gasteiger partial charge >= 0.3 is 0 Å². The van der Waals surface area contributed by atoms with Crippen molar-refractivity contribution in [3.05, 3.63) is 82.2 Å². The first kappa shape index (κ1) is 18.9. The minimum absolute atomic E-state index is 0.0121. The molecule has 0 saturated heterocycles. The highest BCUT2D eigenvalue weighted by atomic mass is 19.2. The molecule has 0 radical (unpaired) electrons. The van der Waals surface area contributed by atoms with Crippen LogP contribution in [-0.4, -0.2) is 0 Å². The van der Waals surface area contributed by atoms with Crippen molar-refractivity contribution in [3.8, 4) is 0 Å². The molecule has 0 aromatic heterocycles. The molecule has 1 saturated carbocycles. The average molecular weight is 390 g/mol. The predicted molar refractivity (Wildman–Crippen MR) is 98.9 cm³/mol. The maximum atomic E-state index is 14.4. The van der Waals surface area contributed by atoms with Gasteiger partial charge in [-0.3, -0.25) is 0 Å². The van der Waals surface area contributed by atoms with Crippen molar-refractivity contribution in [2.75, 3.05) is 0 Å². The summed E-state index contributed by atoms with van der Waals surface area (Å²) in [6.07, 6.45) is 2.93. The molecule has 0 spiro atoms. The lowest BCUT2D eigenvalue weighted by atomic mass is 9.75. The monoisotopic (exact) mass is 390 g/mol. The lowest BCUT2D eigenvalue weighted by molar-refractivity contribution is 0.387. The first-order valence-electron chi connectivity index (χ1n) is 9.38. The molecule has 146 valence electrons. The van der Waals surface area contributed by atoms with Crippen LogP contribution in [0.25, 0.3) is 10.8 Å². The summed E-state index contributed by atoms with van der Waals surface area (Å²) in [5, 5.41) is -0.517. The van der Waals surface area contributed by atoms with Crippen LogP contribution in [0.1, 0.15) is 54.2 Å². The fourth-order valence-electron chi connectivity index (χ4n) is 4.35. The van der Waals surface area contributed by atoms with Crippen LogP contribution in [0.15, 0.2) is 36.4 Å². The van der Waals surface area contributed by atoms with Gasteiger partial charge in [0.1, 0.15) is 11.6 Å². The number of fused-ring (bicyclic) bond motifs is 1. The highest BCUT2D eigenvalue weighted by Gasteiger charge is 2.27. The summed E-state index contributed by atoms with van der Waals surface area (Å²) >= 11 is 0. The Hall–Kier alpha value is -2.43. The Morgan fingerprint density at radius 3 is 2.04 bits per heavy atom. The van der Waals surface area contributed by atoms with E-state index in [-0.39, 0.29) is 23.0 Å². The van der Waals surface area contributed by atoms with Crippen molar-refractivity contribution in [2.45, 2.75) is 44.4 Å². The standard InChI is InChI=1S/C23H19F5/c1-12-2-7-17(18(24)8-12)14-5-3-13(4-6-14)15-9-16-11-20(26)22(27)23(28)21(16)19(25)10-15/h2,7-11,13-14H,3-6H2,1H3. The van der Waals surface area contributed by atoms with Gasteiger partial charge in [-0.05, 0) is 84.7 Å². The molecule has 1 aliphatic carbocycles. The Kier molecular flexibility index (Phi) is 4.86. The number of aryl methyl sites for hydroxylation is 1. The second kappa shape index (κ2) is 7.19. The van der Waals surface area contributed by atoms with Crippen molar-refractivity contribution in [3.63, 3.8) is 0 Å². The topological polar surface area (TPSA) is 0 Å². The van der Waals surface area contributed by atoms with E-state index < -0.39 is 28.7 Å². The highest BCUT2D eigenvalue weighted by molar-refractivity contribution is 5.84. The van der Waals surface area contributed by atoms with E-state index in [0.717, 1.165) is 37.3 Å². The molecule has 0 amide bonds. The Morgan fingerprint density at radius 2 is 1.36 bits per heavy atom. The van der Waals surface area contributed by atoms with Crippen LogP contribution < -0.4 is 0 Å². The van der Waals surface area contributed by atoms with Crippen LogP contribution in [-0.2, 0) is 0 Å². The molecule has 0 atom stereocenters. The predicted octanol–water partition coefficient (Wildman–Crippen LogP) is 7.29. The van der Waals surface area contributed by atoms with E-state index in [1.807, 2.05) is 19.1 Å². The van der Waals surface area contributed by atoms with Crippen LogP contribution in [0.2, 0.25) is 0 Å². The van der Waals surface area contributed by atoms with Gasteiger partial charge in [0.05, 0.1) is 5.39 Å². The maximum absolute atomic E-state index is 14.4. The Morgan fingerprint density at radius 1 is 0.679 bits per heavy atom. The van der Waals surface area contributed by atoms with Gasteiger partial charge < -0.3 is 0 Å². The summed E-state index contributed by atoms with van der Waals surface area (Å²) in [4.78, 5) is 0. The first-order chi connectivity index (χ1) is 13.3. The summed E-state index contributed by atoms with van der Waals surface area (Å²) < 4.78 is 69.5. The van der Waals surface area contributed by atoms with Crippen molar-refractivity contribution in [1.82, 2.24) is 0 Å². The Labute approximate surface area is 160 Å². The van der Waals surface area contributed by atoms with Gasteiger partial charge in [0.15, 0.2) is 17.5 Å². The van der Waals surface area contributed by atoms with Crippen molar-refractivity contribution >= 4 is 10.8 Å². The molecule has 28 heavy (non-hydrogen) atoms. The fourth-order valence-corrected chi connectivity index (χ4v) is 4.35. The minimum Gasteiger partial charge on any atom is -0.207 e. The Bertz CT molecular complexity index is 1050. The normalized spacial score (nSPS) is 19.9. The van der Waals surface area contributed by atoms with E-state index in [1.165, 1.54) is 18.2 Å². The van der Waals surface area contributed by atoms with Gasteiger partial charge in [0.2, 0.25) is 0 Å². The quantitative estimate of drug-likeness (QED) is 0.318. The third kappa shape index (κ3) is 3.27. The largest absolute Gasteiger partial charge is 0.207 e. The zero-order valence-electron chi connectivity index (χ0n) is 15.3. The van der Waals surface area contributed by atoms with E-state index in [1.54, 1.807) is 0 Å². The van der Waals surface area contributed by atoms with Gasteiger partial charge in [0.25, 0.3) is 0 Å². The molecule has 0 bridgehead atoms. The van der Waals surface area contributed by atoms with E-state index in [4.69, 9.17) is 0 Å². The number of halogens is 5. The molecule has 5 heteroatoms. The molecule has 1 fully saturated rings. The molecule has 1 aliphatic rings. The maximum Gasteiger partial charge on any atom is 0.195 e. The van der Waals surface area contributed by atoms with Gasteiger partial charge in [-0.1, -0.05) is 18.2 Å². The van der Waals surface area contributed by atoms with Crippen LogP contribution in [0.4, 0.5) is 22.0 Å². The van der Waals surface area contributed by atoms with Crippen LogP contribution in [0.3, 0.4) is 0 Å². The van der Waals surface area contributed by atoms with Crippen LogP contribution in [0, 0.1) is 36.0 Å². The number of hydrogen-bond acceptors (Lipinski definition) is 0. The van der Waals surface area contributed by atoms with E-state index >= 15 is 0 Å². The van der Waals surface area contributed by atoms with Gasteiger partial charge in [-0.25, -0.2) is 22.0 Å². The summed E-state index contributed by atoms with van der Waals surface area (Å²) in [6.45, 7) is 1.84. The lowest BCUT2D eigenvalue weighted by Gasteiger charge is -2.29. The first-order valence-corrected chi connectivity index (χ1v) is 9.38. The van der Waals surface area contributed by atoms with E-state index in [2.05, 4.69) is 0 Å². The summed E-state index contributed by atoms with van der Waals surface area (Å²) in [5.74, 6) is -5.48. The molecular formula is C23H19F5. The fraction of sp³-hybridized carbons (Fsp3) is 0.304. The highest BCUT2D eigenvalue weighted by Crippen LogP contribution is 2.42. The zero-order chi connectivity index (χ0) is 20.0. The Balaban J connectivity index is 1.59. The molecule has 0 nitrogen and oxygen atoms in total. The van der Waals surface area contributed by atoms with Gasteiger partial charge in [0, 0.05) is 0 Å². The molecule has 0 aliphatic heterocycles. The molecule has 3 aromatic carbocycles. The van der Waals surface area contributed by atoms with E-state index in [9.17, 15) is 22.0 Å². The van der Waals surface area contributed by atoms with Gasteiger partial charge in [-0.15, -0.1) is 0 Å². The molecular weight excluding hydrogens is 371 g/mol. The molecule has 0 unspecified atom stereocenters. The molecule has 4 rings (SSSR count). The second-order valence-corrected chi connectivity index (χ2v) is 7.66. The molecule has 3 aromatic rings. The second-order valence-electron chi connectivity index (χ2n) is 7.66. The zero-order valence-corrected chi connectivity index (χ0v) is 15.3. The third-order valence-corrected chi connectivity index (χ3v) is 5.84. The molecule has 0 heterocycles. The van der Waals surface area contributed by atoms with Crippen molar-refractivity contribution in [2.24, 2.45) is 0 Å². The minimum atomic E-state index is -1.67. The van der Waals surface area contributed by atoms with Gasteiger partial charge in [-0.2, -0.15) is 0 Å². The average Bonchev–Trinajstić information content (AvgIpc) is 2.66. The molecule has 0 N–H and O–H groups in total. The smallest absolute Gasteiger partial charge is 0.195 e. The third-order valence-electron chi connectivity index (χ3n) is 5.84. The summed E-state index contributed by atoms with van der Waals surface area (Å²) in [5.41, 5.74) is 2.21. The summed E-state index contributed by atoms with van der Waals surface area (Å²) in [6, 6.07) is 8.81. The number of hydrogen-bond donors (Lipinski definition) is 0. The van der Waals surface area contributed by atoms with Crippen LogP contribution >= 0.6 is 0 Å². The van der Waals surface area contributed by atoms with Crippen LogP contribution in [0.5, 0.6) is 0 Å². The van der Waals surface area contributed by atoms with E-state index in [0.29, 0.717) is 11.1 Å². The SMILES string of the molecule is Cc1ccc(C2CCC(c3cc(F)c4c(F)c(F)c(F)cc4c3)CC2)c(F)c1. The number of rotatable bonds is 2.